The van der Waals surface area contributed by atoms with Crippen molar-refractivity contribution in [1.29, 1.82) is 0 Å². The van der Waals surface area contributed by atoms with Gasteiger partial charge in [0.25, 0.3) is 0 Å². The van der Waals surface area contributed by atoms with E-state index in [2.05, 4.69) is 24.0 Å². The SMILES string of the molecule is CC(C)Cn1c(CN)nnc1-c1ccccc1Cl. The Kier molecular flexibility index (Phi) is 3.99. The van der Waals surface area contributed by atoms with E-state index >= 15 is 0 Å². The highest BCUT2D eigenvalue weighted by Gasteiger charge is 2.15. The summed E-state index contributed by atoms with van der Waals surface area (Å²) in [5.41, 5.74) is 6.59. The van der Waals surface area contributed by atoms with Crippen LogP contribution < -0.4 is 5.73 Å². The first-order valence-corrected chi connectivity index (χ1v) is 6.38. The van der Waals surface area contributed by atoms with Crippen LogP contribution in [0.2, 0.25) is 5.02 Å². The number of aromatic nitrogens is 3. The van der Waals surface area contributed by atoms with Gasteiger partial charge in [-0.15, -0.1) is 10.2 Å². The van der Waals surface area contributed by atoms with Gasteiger partial charge in [-0.3, -0.25) is 0 Å². The number of nitrogens with zero attached hydrogens (tertiary/aromatic N) is 3. The number of halogens is 1. The van der Waals surface area contributed by atoms with Crippen molar-refractivity contribution in [2.24, 2.45) is 11.7 Å². The van der Waals surface area contributed by atoms with Crippen molar-refractivity contribution < 1.29 is 0 Å². The Labute approximate surface area is 112 Å². The average molecular weight is 265 g/mol. The third-order valence-corrected chi connectivity index (χ3v) is 3.00. The fourth-order valence-corrected chi connectivity index (χ4v) is 2.11. The van der Waals surface area contributed by atoms with E-state index < -0.39 is 0 Å². The van der Waals surface area contributed by atoms with E-state index in [4.69, 9.17) is 17.3 Å². The Morgan fingerprint density at radius 2 is 2.00 bits per heavy atom. The summed E-state index contributed by atoms with van der Waals surface area (Å²) in [6.45, 7) is 5.51. The molecule has 4 nitrogen and oxygen atoms in total. The largest absolute Gasteiger partial charge is 0.324 e. The Morgan fingerprint density at radius 1 is 1.28 bits per heavy atom. The summed E-state index contributed by atoms with van der Waals surface area (Å²) < 4.78 is 2.05. The molecule has 0 spiro atoms. The van der Waals surface area contributed by atoms with Crippen molar-refractivity contribution in [3.8, 4) is 11.4 Å². The number of hydrogen-bond donors (Lipinski definition) is 1. The minimum Gasteiger partial charge on any atom is -0.324 e. The van der Waals surface area contributed by atoms with Crippen LogP contribution in [0.1, 0.15) is 19.7 Å². The van der Waals surface area contributed by atoms with E-state index in [0.29, 0.717) is 17.5 Å². The first kappa shape index (κ1) is 13.1. The highest BCUT2D eigenvalue weighted by Crippen LogP contribution is 2.27. The molecule has 1 aromatic heterocycles. The molecule has 0 aliphatic carbocycles. The summed E-state index contributed by atoms with van der Waals surface area (Å²) in [5.74, 6) is 2.07. The normalized spacial score (nSPS) is 11.2. The molecule has 0 saturated heterocycles. The zero-order valence-electron chi connectivity index (χ0n) is 10.6. The van der Waals surface area contributed by atoms with Crippen molar-refractivity contribution >= 4 is 11.6 Å². The number of hydrogen-bond acceptors (Lipinski definition) is 3. The monoisotopic (exact) mass is 264 g/mol. The number of nitrogens with two attached hydrogens (primary N) is 1. The van der Waals surface area contributed by atoms with Gasteiger partial charge in [-0.05, 0) is 18.1 Å². The van der Waals surface area contributed by atoms with E-state index in [1.807, 2.05) is 28.8 Å². The quantitative estimate of drug-likeness (QED) is 0.924. The predicted octanol–water partition coefficient (Wildman–Crippen LogP) is 2.71. The lowest BCUT2D eigenvalue weighted by molar-refractivity contribution is 0.510. The molecule has 2 rings (SSSR count). The molecule has 18 heavy (non-hydrogen) atoms. The zero-order valence-corrected chi connectivity index (χ0v) is 11.4. The summed E-state index contributed by atoms with van der Waals surface area (Å²) in [5, 5.41) is 9.03. The molecule has 0 radical (unpaired) electrons. The molecule has 0 bridgehead atoms. The minimum atomic E-state index is 0.379. The predicted molar refractivity (Wildman–Crippen MR) is 73.2 cm³/mol. The van der Waals surface area contributed by atoms with Gasteiger partial charge >= 0.3 is 0 Å². The molecule has 0 fully saturated rings. The average Bonchev–Trinajstić information content (AvgIpc) is 2.72. The Bertz CT molecular complexity index is 534. The third kappa shape index (κ3) is 2.54. The van der Waals surface area contributed by atoms with E-state index in [-0.39, 0.29) is 0 Å². The summed E-state index contributed by atoms with van der Waals surface area (Å²) in [4.78, 5) is 0. The molecule has 0 atom stereocenters. The molecule has 1 aromatic carbocycles. The Hall–Kier alpha value is -1.39. The molecule has 0 unspecified atom stereocenters. The van der Waals surface area contributed by atoms with E-state index in [0.717, 1.165) is 23.8 Å². The molecule has 0 amide bonds. The summed E-state index contributed by atoms with van der Waals surface area (Å²) in [7, 11) is 0. The highest BCUT2D eigenvalue weighted by molar-refractivity contribution is 6.33. The summed E-state index contributed by atoms with van der Waals surface area (Å²) in [6.07, 6.45) is 0. The van der Waals surface area contributed by atoms with Gasteiger partial charge in [0.15, 0.2) is 5.82 Å². The van der Waals surface area contributed by atoms with Gasteiger partial charge in [0, 0.05) is 12.1 Å². The van der Waals surface area contributed by atoms with Crippen LogP contribution in [0.4, 0.5) is 0 Å². The molecule has 0 saturated carbocycles. The van der Waals surface area contributed by atoms with Crippen molar-refractivity contribution in [3.63, 3.8) is 0 Å². The standard InChI is InChI=1S/C13H17ClN4/c1-9(2)8-18-12(7-15)16-17-13(18)10-5-3-4-6-11(10)14/h3-6,9H,7-8,15H2,1-2H3. The maximum Gasteiger partial charge on any atom is 0.165 e. The molecule has 0 aliphatic rings. The minimum absolute atomic E-state index is 0.379. The van der Waals surface area contributed by atoms with Gasteiger partial charge in [-0.25, -0.2) is 0 Å². The van der Waals surface area contributed by atoms with Crippen molar-refractivity contribution in [3.05, 3.63) is 35.1 Å². The molecule has 96 valence electrons. The first-order valence-electron chi connectivity index (χ1n) is 6.00. The maximum absolute atomic E-state index is 6.21. The number of rotatable bonds is 4. The second-order valence-electron chi connectivity index (χ2n) is 4.63. The van der Waals surface area contributed by atoms with Gasteiger partial charge in [0.2, 0.25) is 0 Å². The summed E-state index contributed by atoms with van der Waals surface area (Å²) in [6, 6.07) is 7.65. The number of benzene rings is 1. The fraction of sp³-hybridized carbons (Fsp3) is 0.385. The molecule has 1 heterocycles. The molecule has 2 N–H and O–H groups in total. The molecule has 2 aromatic rings. The second-order valence-corrected chi connectivity index (χ2v) is 5.04. The second kappa shape index (κ2) is 5.50. The third-order valence-electron chi connectivity index (χ3n) is 2.67. The lowest BCUT2D eigenvalue weighted by Gasteiger charge is -2.12. The summed E-state index contributed by atoms with van der Waals surface area (Å²) >= 11 is 6.21. The lowest BCUT2D eigenvalue weighted by Crippen LogP contribution is -2.13. The van der Waals surface area contributed by atoms with E-state index in [9.17, 15) is 0 Å². The van der Waals surface area contributed by atoms with Gasteiger partial charge in [-0.1, -0.05) is 37.6 Å². The molecule has 5 heteroatoms. The van der Waals surface area contributed by atoms with Gasteiger partial charge in [0.05, 0.1) is 11.6 Å². The Morgan fingerprint density at radius 3 is 2.61 bits per heavy atom. The van der Waals surface area contributed by atoms with Crippen LogP contribution in [0.5, 0.6) is 0 Å². The van der Waals surface area contributed by atoms with Crippen LogP contribution >= 0.6 is 11.6 Å². The smallest absolute Gasteiger partial charge is 0.165 e. The van der Waals surface area contributed by atoms with Gasteiger partial charge in [0.1, 0.15) is 5.82 Å². The van der Waals surface area contributed by atoms with Crippen LogP contribution in [0.15, 0.2) is 24.3 Å². The van der Waals surface area contributed by atoms with E-state index in [1.54, 1.807) is 0 Å². The maximum atomic E-state index is 6.21. The molecular weight excluding hydrogens is 248 g/mol. The lowest BCUT2D eigenvalue weighted by atomic mass is 10.2. The highest BCUT2D eigenvalue weighted by atomic mass is 35.5. The zero-order chi connectivity index (χ0) is 13.1. The van der Waals surface area contributed by atoms with Crippen molar-refractivity contribution in [2.75, 3.05) is 0 Å². The van der Waals surface area contributed by atoms with E-state index in [1.165, 1.54) is 0 Å². The Balaban J connectivity index is 2.51. The molecular formula is C13H17ClN4. The van der Waals surface area contributed by atoms with Gasteiger partial charge in [-0.2, -0.15) is 0 Å². The first-order chi connectivity index (χ1) is 8.63. The van der Waals surface area contributed by atoms with Crippen molar-refractivity contribution in [2.45, 2.75) is 26.9 Å². The van der Waals surface area contributed by atoms with Crippen LogP contribution in [0.25, 0.3) is 11.4 Å². The fourth-order valence-electron chi connectivity index (χ4n) is 1.89. The van der Waals surface area contributed by atoms with Gasteiger partial charge < -0.3 is 10.3 Å². The molecule has 0 aliphatic heterocycles. The van der Waals surface area contributed by atoms with Crippen molar-refractivity contribution in [1.82, 2.24) is 14.8 Å². The van der Waals surface area contributed by atoms with Crippen LogP contribution in [-0.4, -0.2) is 14.8 Å². The van der Waals surface area contributed by atoms with Crippen LogP contribution in [0.3, 0.4) is 0 Å². The topological polar surface area (TPSA) is 56.7 Å². The van der Waals surface area contributed by atoms with Crippen LogP contribution in [0, 0.1) is 5.92 Å². The van der Waals surface area contributed by atoms with Crippen LogP contribution in [-0.2, 0) is 13.1 Å².